The van der Waals surface area contributed by atoms with Gasteiger partial charge in [-0.15, -0.1) is 0 Å². The normalized spacial score (nSPS) is 17.9. The number of nitrogens with zero attached hydrogens (tertiary/aromatic N) is 2. The second kappa shape index (κ2) is 7.43. The second-order valence-electron chi connectivity index (χ2n) is 5.75. The molecule has 0 unspecified atom stereocenters. The zero-order chi connectivity index (χ0) is 20.5. The lowest BCUT2D eigenvalue weighted by atomic mass is 10.1. The van der Waals surface area contributed by atoms with Crippen LogP contribution in [0.25, 0.3) is 0 Å². The van der Waals surface area contributed by atoms with Crippen LogP contribution in [-0.4, -0.2) is 24.1 Å². The van der Waals surface area contributed by atoms with Crippen LogP contribution in [0.1, 0.15) is 5.56 Å². The third kappa shape index (κ3) is 4.04. The summed E-state index contributed by atoms with van der Waals surface area (Å²) in [7, 11) is 0. The molecule has 2 aromatic rings. The van der Waals surface area contributed by atoms with E-state index < -0.39 is 35.5 Å². The molecule has 1 heterocycles. The number of carbonyl (C=O) groups excluding carboxylic acids is 3. The molecular weight excluding hydrogens is 399 g/mol. The highest BCUT2D eigenvalue weighted by molar-refractivity contribution is 6.32. The molecule has 6 nitrogen and oxygen atoms in total. The largest absolute Gasteiger partial charge is 0.416 e. The molecule has 1 aliphatic heterocycles. The first kappa shape index (κ1) is 19.6. The summed E-state index contributed by atoms with van der Waals surface area (Å²) < 4.78 is 38.7. The Bertz CT molecular complexity index is 974. The number of halogens is 4. The Morgan fingerprint density at radius 3 is 2.39 bits per heavy atom. The topological polar surface area (TPSA) is 78.8 Å². The summed E-state index contributed by atoms with van der Waals surface area (Å²) in [5.74, 6) is -3.41. The van der Waals surface area contributed by atoms with E-state index in [4.69, 9.17) is 11.6 Å². The first-order chi connectivity index (χ1) is 13.2. The molecule has 4 amide bonds. The van der Waals surface area contributed by atoms with Gasteiger partial charge < -0.3 is 0 Å². The van der Waals surface area contributed by atoms with Crippen LogP contribution in [0.4, 0.5) is 29.3 Å². The zero-order valence-corrected chi connectivity index (χ0v) is 14.7. The number of rotatable bonds is 3. The number of urea groups is 1. The van der Waals surface area contributed by atoms with Gasteiger partial charge in [-0.05, 0) is 42.5 Å². The smallest absolute Gasteiger partial charge is 0.276 e. The standard InChI is InChI=1S/C18H11ClF3N3O3/c19-11-4-6-12(7-5-11)23-9-14-15(26)24-17(28)25(16(14)27)13-3-1-2-10(8-13)18(20,21)22/h1-9,14H,(H,24,26,28)/t14-/m1/s1. The molecule has 1 atom stereocenters. The van der Waals surface area contributed by atoms with Crippen LogP contribution in [0, 0.1) is 5.92 Å². The van der Waals surface area contributed by atoms with Crippen molar-refractivity contribution in [2.75, 3.05) is 4.90 Å². The number of imide groups is 2. The molecule has 1 aliphatic rings. The van der Waals surface area contributed by atoms with Gasteiger partial charge in [-0.1, -0.05) is 17.7 Å². The van der Waals surface area contributed by atoms with Crippen molar-refractivity contribution in [1.82, 2.24) is 5.32 Å². The van der Waals surface area contributed by atoms with Gasteiger partial charge in [0.1, 0.15) is 0 Å². The van der Waals surface area contributed by atoms with E-state index in [1.807, 2.05) is 5.32 Å². The molecule has 0 aromatic heterocycles. The van der Waals surface area contributed by atoms with E-state index in [1.54, 1.807) is 24.3 Å². The number of barbiturate groups is 1. The Kier molecular flexibility index (Phi) is 5.19. The zero-order valence-electron chi connectivity index (χ0n) is 13.9. The number of nitrogens with one attached hydrogen (secondary N) is 1. The molecule has 0 spiro atoms. The van der Waals surface area contributed by atoms with Gasteiger partial charge in [-0.2, -0.15) is 13.2 Å². The molecule has 1 saturated heterocycles. The number of amides is 4. The molecule has 28 heavy (non-hydrogen) atoms. The maximum absolute atomic E-state index is 12.9. The third-order valence-corrected chi connectivity index (χ3v) is 4.09. The van der Waals surface area contributed by atoms with Crippen LogP contribution in [-0.2, 0) is 15.8 Å². The molecule has 0 aliphatic carbocycles. The molecule has 10 heteroatoms. The van der Waals surface area contributed by atoms with Gasteiger partial charge in [0.15, 0.2) is 5.92 Å². The van der Waals surface area contributed by atoms with Crippen LogP contribution < -0.4 is 10.2 Å². The fraction of sp³-hybridized carbons (Fsp3) is 0.111. The van der Waals surface area contributed by atoms with Crippen molar-refractivity contribution < 1.29 is 27.6 Å². The van der Waals surface area contributed by atoms with Gasteiger partial charge in [0.05, 0.1) is 16.9 Å². The Morgan fingerprint density at radius 1 is 1.07 bits per heavy atom. The number of hydrogen-bond donors (Lipinski definition) is 1. The lowest BCUT2D eigenvalue weighted by Gasteiger charge is -2.28. The fourth-order valence-corrected chi connectivity index (χ4v) is 2.60. The molecule has 2 aromatic carbocycles. The number of anilines is 1. The summed E-state index contributed by atoms with van der Waals surface area (Å²) in [6.45, 7) is 0. The van der Waals surface area contributed by atoms with Crippen LogP contribution >= 0.6 is 11.6 Å². The summed E-state index contributed by atoms with van der Waals surface area (Å²) in [5, 5.41) is 2.41. The van der Waals surface area contributed by atoms with Gasteiger partial charge >= 0.3 is 12.2 Å². The summed E-state index contributed by atoms with van der Waals surface area (Å²) in [5.41, 5.74) is -0.948. The van der Waals surface area contributed by atoms with Crippen molar-refractivity contribution in [3.05, 3.63) is 59.1 Å². The van der Waals surface area contributed by atoms with Crippen molar-refractivity contribution in [3.63, 3.8) is 0 Å². The summed E-state index contributed by atoms with van der Waals surface area (Å²) in [6.07, 6.45) is -3.63. The van der Waals surface area contributed by atoms with Crippen molar-refractivity contribution in [1.29, 1.82) is 0 Å². The van der Waals surface area contributed by atoms with E-state index in [-0.39, 0.29) is 5.69 Å². The SMILES string of the molecule is O=C1NC(=O)N(c2cccc(C(F)(F)F)c2)C(=O)[C@@H]1C=Nc1ccc(Cl)cc1. The number of carbonyl (C=O) groups is 3. The first-order valence-electron chi connectivity index (χ1n) is 7.82. The lowest BCUT2D eigenvalue weighted by molar-refractivity contribution is -0.138. The Labute approximate surface area is 161 Å². The molecular formula is C18H11ClF3N3O3. The highest BCUT2D eigenvalue weighted by Gasteiger charge is 2.41. The minimum atomic E-state index is -4.66. The van der Waals surface area contributed by atoms with Crippen molar-refractivity contribution in [2.45, 2.75) is 6.18 Å². The predicted molar refractivity (Wildman–Crippen MR) is 95.6 cm³/mol. The maximum atomic E-state index is 12.9. The maximum Gasteiger partial charge on any atom is 0.416 e. The average Bonchev–Trinajstić information content (AvgIpc) is 2.62. The summed E-state index contributed by atoms with van der Waals surface area (Å²) in [4.78, 5) is 41.2. The van der Waals surface area contributed by atoms with Crippen LogP contribution in [0.15, 0.2) is 53.5 Å². The second-order valence-corrected chi connectivity index (χ2v) is 6.18. The molecule has 0 radical (unpaired) electrons. The van der Waals surface area contributed by atoms with Crippen molar-refractivity contribution in [3.8, 4) is 0 Å². The molecule has 0 bridgehead atoms. The first-order valence-corrected chi connectivity index (χ1v) is 8.20. The quantitative estimate of drug-likeness (QED) is 0.615. The summed E-state index contributed by atoms with van der Waals surface area (Å²) in [6, 6.07) is 8.73. The van der Waals surface area contributed by atoms with Crippen LogP contribution in [0.3, 0.4) is 0 Å². The van der Waals surface area contributed by atoms with E-state index in [2.05, 4.69) is 4.99 Å². The van der Waals surface area contributed by atoms with E-state index in [9.17, 15) is 27.6 Å². The van der Waals surface area contributed by atoms with Crippen molar-refractivity contribution >= 4 is 47.0 Å². The van der Waals surface area contributed by atoms with Crippen molar-refractivity contribution in [2.24, 2.45) is 10.9 Å². The highest BCUT2D eigenvalue weighted by atomic mass is 35.5. The summed E-state index contributed by atoms with van der Waals surface area (Å²) >= 11 is 5.76. The number of benzene rings is 2. The van der Waals surface area contributed by atoms with Crippen LogP contribution in [0.5, 0.6) is 0 Å². The molecule has 3 rings (SSSR count). The molecule has 1 fully saturated rings. The van der Waals surface area contributed by atoms with E-state index in [0.717, 1.165) is 24.4 Å². The fourth-order valence-electron chi connectivity index (χ4n) is 2.48. The minimum absolute atomic E-state index is 0.310. The Morgan fingerprint density at radius 2 is 1.75 bits per heavy atom. The van der Waals surface area contributed by atoms with Gasteiger partial charge in [0, 0.05) is 11.2 Å². The average molecular weight is 410 g/mol. The minimum Gasteiger partial charge on any atom is -0.276 e. The molecule has 0 saturated carbocycles. The monoisotopic (exact) mass is 409 g/mol. The highest BCUT2D eigenvalue weighted by Crippen LogP contribution is 2.32. The Balaban J connectivity index is 1.91. The number of hydrogen-bond acceptors (Lipinski definition) is 4. The number of alkyl halides is 3. The van der Waals surface area contributed by atoms with Gasteiger partial charge in [0.2, 0.25) is 5.91 Å². The number of aliphatic imine (C=N–C) groups is 1. The Hall–Kier alpha value is -3.20. The lowest BCUT2D eigenvalue weighted by Crippen LogP contribution is -2.58. The predicted octanol–water partition coefficient (Wildman–Crippen LogP) is 3.96. The van der Waals surface area contributed by atoms with Crippen LogP contribution in [0.2, 0.25) is 5.02 Å². The molecule has 144 valence electrons. The van der Waals surface area contributed by atoms with Gasteiger partial charge in [-0.3, -0.25) is 19.9 Å². The van der Waals surface area contributed by atoms with E-state index >= 15 is 0 Å². The van der Waals surface area contributed by atoms with E-state index in [1.165, 1.54) is 0 Å². The third-order valence-electron chi connectivity index (χ3n) is 3.83. The van der Waals surface area contributed by atoms with Gasteiger partial charge in [0.25, 0.3) is 5.91 Å². The molecule has 1 N–H and O–H groups in total. The van der Waals surface area contributed by atoms with E-state index in [0.29, 0.717) is 21.7 Å². The van der Waals surface area contributed by atoms with Gasteiger partial charge in [-0.25, -0.2) is 9.69 Å².